The zero-order valence-corrected chi connectivity index (χ0v) is 8.16. The molecule has 1 aliphatic carbocycles. The Kier molecular flexibility index (Phi) is 4.50. The molecule has 2 rings (SSSR count). The van der Waals surface area contributed by atoms with E-state index in [1.165, 1.54) is 18.4 Å². The number of hydrazine groups is 1. The van der Waals surface area contributed by atoms with Crippen LogP contribution in [0, 0.1) is 0 Å². The van der Waals surface area contributed by atoms with Crippen LogP contribution in [0.5, 0.6) is 0 Å². The van der Waals surface area contributed by atoms with E-state index in [0.29, 0.717) is 0 Å². The fourth-order valence-electron chi connectivity index (χ4n) is 1.14. The van der Waals surface area contributed by atoms with Gasteiger partial charge in [-0.25, -0.2) is 0 Å². The minimum Gasteiger partial charge on any atom is -0.271 e. The molecule has 1 fully saturated rings. The van der Waals surface area contributed by atoms with Crippen LogP contribution in [0.15, 0.2) is 30.3 Å². The zero-order chi connectivity index (χ0) is 9.52. The van der Waals surface area contributed by atoms with Crippen LogP contribution in [0.4, 0.5) is 0 Å². The first-order chi connectivity index (χ1) is 6.38. The van der Waals surface area contributed by atoms with Gasteiger partial charge in [0, 0.05) is 6.54 Å². The van der Waals surface area contributed by atoms with Crippen molar-refractivity contribution >= 4 is 0 Å². The highest BCUT2D eigenvalue weighted by Gasteiger charge is 2.22. The summed E-state index contributed by atoms with van der Waals surface area (Å²) >= 11 is 0. The molecule has 0 aliphatic heterocycles. The normalized spacial score (nSPS) is 14.6. The van der Waals surface area contributed by atoms with Gasteiger partial charge in [0.1, 0.15) is 0 Å². The van der Waals surface area contributed by atoms with Gasteiger partial charge in [-0.3, -0.25) is 11.3 Å². The average Bonchev–Trinajstić information content (AvgIpc) is 3.03. The lowest BCUT2D eigenvalue weighted by molar-refractivity contribution is 0.781. The number of nitrogens with two attached hydrogens (primary N) is 1. The Balaban J connectivity index is 0.000000184. The molecule has 0 radical (unpaired) electrons. The van der Waals surface area contributed by atoms with Gasteiger partial charge < -0.3 is 0 Å². The third kappa shape index (κ3) is 4.06. The van der Waals surface area contributed by atoms with Crippen LogP contribution in [0.1, 0.15) is 31.2 Å². The molecule has 0 aromatic heterocycles. The number of rotatable bonds is 2. The minimum absolute atomic E-state index is 0.847. The Hall–Kier alpha value is -0.860. The molecule has 0 spiro atoms. The van der Waals surface area contributed by atoms with Crippen molar-refractivity contribution in [3.05, 3.63) is 35.9 Å². The molecular formula is C11H18N2. The Morgan fingerprint density at radius 2 is 1.85 bits per heavy atom. The lowest BCUT2D eigenvalue weighted by Gasteiger charge is -1.92. The first-order valence-electron chi connectivity index (χ1n) is 4.87. The van der Waals surface area contributed by atoms with Crippen LogP contribution in [0.2, 0.25) is 0 Å². The molecule has 0 unspecified atom stereocenters. The van der Waals surface area contributed by atoms with E-state index in [2.05, 4.69) is 35.8 Å². The molecule has 0 atom stereocenters. The summed E-state index contributed by atoms with van der Waals surface area (Å²) in [6.45, 7) is 2.79. The molecule has 3 N–H and O–H groups in total. The van der Waals surface area contributed by atoms with E-state index in [1.54, 1.807) is 0 Å². The Morgan fingerprint density at radius 1 is 1.31 bits per heavy atom. The number of hydrogen-bond donors (Lipinski definition) is 2. The van der Waals surface area contributed by atoms with Crippen molar-refractivity contribution in [1.29, 1.82) is 0 Å². The number of benzene rings is 1. The first kappa shape index (κ1) is 10.2. The second-order valence-electron chi connectivity index (χ2n) is 3.24. The molecule has 2 nitrogen and oxygen atoms in total. The van der Waals surface area contributed by atoms with E-state index < -0.39 is 0 Å². The molecule has 0 bridgehead atoms. The van der Waals surface area contributed by atoms with Crippen LogP contribution in [0.3, 0.4) is 0 Å². The van der Waals surface area contributed by atoms with Crippen molar-refractivity contribution in [1.82, 2.24) is 5.43 Å². The van der Waals surface area contributed by atoms with Crippen LogP contribution in [-0.2, 0) is 0 Å². The van der Waals surface area contributed by atoms with E-state index in [4.69, 9.17) is 5.84 Å². The first-order valence-corrected chi connectivity index (χ1v) is 4.87. The predicted octanol–water partition coefficient (Wildman–Crippen LogP) is 2.03. The fourth-order valence-corrected chi connectivity index (χ4v) is 1.14. The third-order valence-corrected chi connectivity index (χ3v) is 2.05. The molecule has 2 heteroatoms. The monoisotopic (exact) mass is 178 g/mol. The lowest BCUT2D eigenvalue weighted by atomic mass is 10.1. The van der Waals surface area contributed by atoms with E-state index in [1.807, 2.05) is 6.92 Å². The molecule has 1 saturated carbocycles. The summed E-state index contributed by atoms with van der Waals surface area (Å²) in [5, 5.41) is 0. The van der Waals surface area contributed by atoms with Crippen LogP contribution >= 0.6 is 0 Å². The summed E-state index contributed by atoms with van der Waals surface area (Å²) in [5.74, 6) is 5.69. The van der Waals surface area contributed by atoms with Gasteiger partial charge in [0.15, 0.2) is 0 Å². The summed E-state index contributed by atoms with van der Waals surface area (Å²) in [5.41, 5.74) is 3.96. The van der Waals surface area contributed by atoms with Gasteiger partial charge >= 0.3 is 0 Å². The lowest BCUT2D eigenvalue weighted by Crippen LogP contribution is -2.20. The Morgan fingerprint density at radius 3 is 2.23 bits per heavy atom. The summed E-state index contributed by atoms with van der Waals surface area (Å²) in [4.78, 5) is 0. The molecule has 13 heavy (non-hydrogen) atoms. The van der Waals surface area contributed by atoms with Gasteiger partial charge in [-0.15, -0.1) is 0 Å². The van der Waals surface area contributed by atoms with Gasteiger partial charge in [-0.1, -0.05) is 37.3 Å². The summed E-state index contributed by atoms with van der Waals surface area (Å²) < 4.78 is 0. The molecular weight excluding hydrogens is 160 g/mol. The fraction of sp³-hybridized carbons (Fsp3) is 0.455. The molecule has 1 aromatic rings. The second kappa shape index (κ2) is 5.73. The summed E-state index contributed by atoms with van der Waals surface area (Å²) in [7, 11) is 0. The molecule has 1 aliphatic rings. The van der Waals surface area contributed by atoms with Crippen molar-refractivity contribution < 1.29 is 0 Å². The van der Waals surface area contributed by atoms with E-state index in [-0.39, 0.29) is 0 Å². The van der Waals surface area contributed by atoms with E-state index >= 15 is 0 Å². The van der Waals surface area contributed by atoms with Gasteiger partial charge in [0.25, 0.3) is 0 Å². The van der Waals surface area contributed by atoms with Crippen LogP contribution in [0.25, 0.3) is 0 Å². The largest absolute Gasteiger partial charge is 0.271 e. The highest BCUT2D eigenvalue weighted by atomic mass is 15.2. The molecule has 0 amide bonds. The van der Waals surface area contributed by atoms with E-state index in [9.17, 15) is 0 Å². The smallest absolute Gasteiger partial charge is 0.00689 e. The van der Waals surface area contributed by atoms with Crippen molar-refractivity contribution in [3.63, 3.8) is 0 Å². The van der Waals surface area contributed by atoms with Crippen molar-refractivity contribution in [3.8, 4) is 0 Å². The van der Waals surface area contributed by atoms with Gasteiger partial charge in [0.05, 0.1) is 0 Å². The zero-order valence-electron chi connectivity index (χ0n) is 8.16. The average molecular weight is 178 g/mol. The maximum absolute atomic E-state index is 4.78. The SMILES string of the molecule is CCNN.c1ccc(C2CC2)cc1. The summed E-state index contributed by atoms with van der Waals surface area (Å²) in [6.07, 6.45) is 2.81. The van der Waals surface area contributed by atoms with Crippen LogP contribution in [-0.4, -0.2) is 6.54 Å². The highest BCUT2D eigenvalue weighted by molar-refractivity contribution is 5.22. The number of nitrogens with one attached hydrogen (secondary N) is 1. The Bertz CT molecular complexity index is 215. The quantitative estimate of drug-likeness (QED) is 0.537. The second-order valence-corrected chi connectivity index (χ2v) is 3.24. The van der Waals surface area contributed by atoms with Crippen molar-refractivity contribution in [2.24, 2.45) is 5.84 Å². The predicted molar refractivity (Wildman–Crippen MR) is 56.3 cm³/mol. The molecule has 72 valence electrons. The molecule has 0 heterocycles. The maximum atomic E-state index is 4.78. The van der Waals surface area contributed by atoms with Crippen molar-refractivity contribution in [2.45, 2.75) is 25.7 Å². The molecule has 0 saturated heterocycles. The number of hydrogen-bond acceptors (Lipinski definition) is 2. The minimum atomic E-state index is 0.847. The third-order valence-electron chi connectivity index (χ3n) is 2.05. The van der Waals surface area contributed by atoms with Crippen LogP contribution < -0.4 is 11.3 Å². The highest BCUT2D eigenvalue weighted by Crippen LogP contribution is 2.39. The maximum Gasteiger partial charge on any atom is 0.00689 e. The Labute approximate surface area is 80.1 Å². The van der Waals surface area contributed by atoms with Gasteiger partial charge in [-0.05, 0) is 24.3 Å². The van der Waals surface area contributed by atoms with Gasteiger partial charge in [0.2, 0.25) is 0 Å². The van der Waals surface area contributed by atoms with E-state index in [0.717, 1.165) is 12.5 Å². The topological polar surface area (TPSA) is 38.0 Å². The van der Waals surface area contributed by atoms with Crippen molar-refractivity contribution in [2.75, 3.05) is 6.54 Å². The molecule has 1 aromatic carbocycles. The standard InChI is InChI=1S/C9H10.C2H8N2/c1-2-4-8(5-3-1)9-6-7-9;1-2-4-3/h1-5,9H,6-7H2;4H,2-3H2,1H3. The van der Waals surface area contributed by atoms with Gasteiger partial charge in [-0.2, -0.15) is 0 Å². The summed E-state index contributed by atoms with van der Waals surface area (Å²) in [6, 6.07) is 10.8.